The Balaban J connectivity index is 1.84. The van der Waals surface area contributed by atoms with Crippen LogP contribution in [0, 0.1) is 0 Å². The summed E-state index contributed by atoms with van der Waals surface area (Å²) in [5.74, 6) is -0.105. The Morgan fingerprint density at radius 1 is 1.37 bits per heavy atom. The molecule has 1 heterocycles. The van der Waals surface area contributed by atoms with Crippen molar-refractivity contribution in [3.05, 3.63) is 56.7 Å². The maximum atomic E-state index is 12.2. The Morgan fingerprint density at radius 3 is 2.89 bits per heavy atom. The number of hydrogen-bond donors (Lipinski definition) is 1. The molecular weight excluding hydrogens is 346 g/mol. The van der Waals surface area contributed by atoms with Gasteiger partial charge in [0, 0.05) is 4.83 Å². The first-order valence-electron chi connectivity index (χ1n) is 5.92. The Labute approximate surface area is 128 Å². The summed E-state index contributed by atoms with van der Waals surface area (Å²) in [6, 6.07) is 9.95. The van der Waals surface area contributed by atoms with E-state index in [2.05, 4.69) is 33.4 Å². The standard InChI is InChI=1S/C14H11BrClNOS/c15-10-7-8-3-1-2-4-9(8)12(10)17-14(18)13-11(16)5-6-19-13/h1-6,10,12H,7H2,(H,17,18). The van der Waals surface area contributed by atoms with Gasteiger partial charge in [-0.2, -0.15) is 0 Å². The van der Waals surface area contributed by atoms with Crippen LogP contribution in [0.5, 0.6) is 0 Å². The third-order valence-corrected chi connectivity index (χ3v) is 5.47. The van der Waals surface area contributed by atoms with Crippen LogP contribution in [-0.4, -0.2) is 10.7 Å². The van der Waals surface area contributed by atoms with Crippen molar-refractivity contribution >= 4 is 44.8 Å². The van der Waals surface area contributed by atoms with E-state index < -0.39 is 0 Å². The molecule has 1 aromatic heterocycles. The van der Waals surface area contributed by atoms with Crippen LogP contribution >= 0.6 is 38.9 Å². The molecule has 2 unspecified atom stereocenters. The van der Waals surface area contributed by atoms with E-state index in [4.69, 9.17) is 11.6 Å². The highest BCUT2D eigenvalue weighted by Gasteiger charge is 2.32. The van der Waals surface area contributed by atoms with E-state index in [0.717, 1.165) is 6.42 Å². The summed E-state index contributed by atoms with van der Waals surface area (Å²) < 4.78 is 0. The molecule has 3 rings (SSSR count). The van der Waals surface area contributed by atoms with Crippen LogP contribution in [0.2, 0.25) is 5.02 Å². The number of halogens is 2. The zero-order chi connectivity index (χ0) is 13.4. The number of nitrogens with one attached hydrogen (secondary N) is 1. The maximum absolute atomic E-state index is 12.2. The number of hydrogen-bond acceptors (Lipinski definition) is 2. The summed E-state index contributed by atoms with van der Waals surface area (Å²) in [7, 11) is 0. The number of carbonyl (C=O) groups excluding carboxylic acids is 1. The smallest absolute Gasteiger partial charge is 0.263 e. The molecule has 1 N–H and O–H groups in total. The second-order valence-corrected chi connectivity index (χ2v) is 6.97. The lowest BCUT2D eigenvalue weighted by molar-refractivity contribution is 0.0942. The average molecular weight is 357 g/mol. The van der Waals surface area contributed by atoms with Crippen molar-refractivity contribution in [2.75, 3.05) is 0 Å². The minimum atomic E-state index is -0.105. The zero-order valence-corrected chi connectivity index (χ0v) is 13.1. The van der Waals surface area contributed by atoms with Gasteiger partial charge in [0.25, 0.3) is 5.91 Å². The largest absolute Gasteiger partial charge is 0.343 e. The van der Waals surface area contributed by atoms with Crippen LogP contribution in [0.1, 0.15) is 26.8 Å². The topological polar surface area (TPSA) is 29.1 Å². The Kier molecular flexibility index (Phi) is 3.65. The molecule has 0 radical (unpaired) electrons. The fourth-order valence-corrected chi connectivity index (χ4v) is 4.19. The van der Waals surface area contributed by atoms with Gasteiger partial charge in [0.05, 0.1) is 11.1 Å². The Bertz CT molecular complexity index is 627. The molecule has 1 amide bonds. The summed E-state index contributed by atoms with van der Waals surface area (Å²) in [5.41, 5.74) is 2.47. The molecule has 0 bridgehead atoms. The molecule has 0 aliphatic heterocycles. The SMILES string of the molecule is O=C(NC1c2ccccc2CC1Br)c1sccc1Cl. The third kappa shape index (κ3) is 2.45. The molecule has 2 nitrogen and oxygen atoms in total. The number of benzene rings is 1. The molecule has 0 saturated carbocycles. The van der Waals surface area contributed by atoms with E-state index in [1.807, 2.05) is 17.5 Å². The van der Waals surface area contributed by atoms with Gasteiger partial charge in [-0.3, -0.25) is 4.79 Å². The van der Waals surface area contributed by atoms with Crippen LogP contribution in [0.3, 0.4) is 0 Å². The molecule has 19 heavy (non-hydrogen) atoms. The van der Waals surface area contributed by atoms with Crippen molar-refractivity contribution in [1.29, 1.82) is 0 Å². The van der Waals surface area contributed by atoms with Gasteiger partial charge < -0.3 is 5.32 Å². The van der Waals surface area contributed by atoms with Crippen LogP contribution in [0.4, 0.5) is 0 Å². The van der Waals surface area contributed by atoms with Crippen molar-refractivity contribution < 1.29 is 4.79 Å². The second-order valence-electron chi connectivity index (χ2n) is 4.47. The van der Waals surface area contributed by atoms with E-state index in [0.29, 0.717) is 9.90 Å². The first-order chi connectivity index (χ1) is 9.16. The molecule has 0 saturated heterocycles. The van der Waals surface area contributed by atoms with Crippen LogP contribution in [0.25, 0.3) is 0 Å². The molecule has 2 atom stereocenters. The van der Waals surface area contributed by atoms with Crippen molar-refractivity contribution in [2.45, 2.75) is 17.3 Å². The zero-order valence-electron chi connectivity index (χ0n) is 9.90. The number of fused-ring (bicyclic) bond motifs is 1. The summed E-state index contributed by atoms with van der Waals surface area (Å²) >= 11 is 11.0. The predicted octanol–water partition coefficient (Wildman–Crippen LogP) is 4.19. The van der Waals surface area contributed by atoms with Crippen molar-refractivity contribution in [3.8, 4) is 0 Å². The lowest BCUT2D eigenvalue weighted by Crippen LogP contribution is -2.31. The fraction of sp³-hybridized carbons (Fsp3) is 0.214. The van der Waals surface area contributed by atoms with E-state index in [1.54, 1.807) is 6.07 Å². The Hall–Kier alpha value is -0.840. The summed E-state index contributed by atoms with van der Waals surface area (Å²) in [6.45, 7) is 0. The lowest BCUT2D eigenvalue weighted by Gasteiger charge is -2.17. The monoisotopic (exact) mass is 355 g/mol. The molecule has 1 aromatic carbocycles. The van der Waals surface area contributed by atoms with Gasteiger partial charge in [-0.1, -0.05) is 51.8 Å². The van der Waals surface area contributed by atoms with E-state index in [-0.39, 0.29) is 16.8 Å². The molecular formula is C14H11BrClNOS. The quantitative estimate of drug-likeness (QED) is 0.803. The first-order valence-corrected chi connectivity index (χ1v) is 8.10. The van der Waals surface area contributed by atoms with Gasteiger partial charge in [0.2, 0.25) is 0 Å². The predicted molar refractivity (Wildman–Crippen MR) is 82.4 cm³/mol. The van der Waals surface area contributed by atoms with Gasteiger partial charge in [-0.25, -0.2) is 0 Å². The molecule has 0 fully saturated rings. The van der Waals surface area contributed by atoms with Crippen molar-refractivity contribution in [3.63, 3.8) is 0 Å². The molecule has 1 aliphatic carbocycles. The number of alkyl halides is 1. The third-order valence-electron chi connectivity index (χ3n) is 3.28. The second kappa shape index (κ2) is 5.27. The molecule has 0 spiro atoms. The van der Waals surface area contributed by atoms with Crippen LogP contribution in [0.15, 0.2) is 35.7 Å². The fourth-order valence-electron chi connectivity index (χ4n) is 2.38. The van der Waals surface area contributed by atoms with Crippen LogP contribution < -0.4 is 5.32 Å². The summed E-state index contributed by atoms with van der Waals surface area (Å²) in [6.07, 6.45) is 0.930. The van der Waals surface area contributed by atoms with Crippen molar-refractivity contribution in [1.82, 2.24) is 5.32 Å². The number of thiophene rings is 1. The lowest BCUT2D eigenvalue weighted by atomic mass is 10.1. The highest BCUT2D eigenvalue weighted by molar-refractivity contribution is 9.09. The highest BCUT2D eigenvalue weighted by Crippen LogP contribution is 2.36. The maximum Gasteiger partial charge on any atom is 0.263 e. The van der Waals surface area contributed by atoms with Gasteiger partial charge in [-0.15, -0.1) is 11.3 Å². The van der Waals surface area contributed by atoms with E-state index in [9.17, 15) is 4.79 Å². The number of amides is 1. The van der Waals surface area contributed by atoms with Gasteiger partial charge >= 0.3 is 0 Å². The van der Waals surface area contributed by atoms with E-state index >= 15 is 0 Å². The Morgan fingerprint density at radius 2 is 2.16 bits per heavy atom. The van der Waals surface area contributed by atoms with Crippen molar-refractivity contribution in [2.24, 2.45) is 0 Å². The summed E-state index contributed by atoms with van der Waals surface area (Å²) in [4.78, 5) is 13.0. The van der Waals surface area contributed by atoms with Gasteiger partial charge in [0.15, 0.2) is 0 Å². The van der Waals surface area contributed by atoms with Crippen LogP contribution in [-0.2, 0) is 6.42 Å². The first kappa shape index (κ1) is 13.2. The number of rotatable bonds is 2. The summed E-state index contributed by atoms with van der Waals surface area (Å²) in [5, 5.41) is 5.41. The van der Waals surface area contributed by atoms with Gasteiger partial charge in [0.1, 0.15) is 4.88 Å². The minimum absolute atomic E-state index is 0.00173. The van der Waals surface area contributed by atoms with Gasteiger partial charge in [-0.05, 0) is 29.0 Å². The average Bonchev–Trinajstić information content (AvgIpc) is 2.94. The van der Waals surface area contributed by atoms with E-state index in [1.165, 1.54) is 22.5 Å². The minimum Gasteiger partial charge on any atom is -0.343 e. The molecule has 2 aromatic rings. The normalized spacial score (nSPS) is 21.2. The molecule has 1 aliphatic rings. The molecule has 5 heteroatoms. The highest BCUT2D eigenvalue weighted by atomic mass is 79.9. The molecule has 98 valence electrons. The number of carbonyl (C=O) groups is 1.